The highest BCUT2D eigenvalue weighted by Crippen LogP contribution is 2.09. The largest absolute Gasteiger partial charge is 0.413 e. The van der Waals surface area contributed by atoms with Crippen molar-refractivity contribution in [3.8, 4) is 0 Å². The SMILES string of the molecule is CC(C)[Si]OC(C)(C)C. The van der Waals surface area contributed by atoms with Gasteiger partial charge in [-0.05, 0) is 26.3 Å². The number of hydrogen-bond acceptors (Lipinski definition) is 1. The summed E-state index contributed by atoms with van der Waals surface area (Å²) >= 11 is 0. The van der Waals surface area contributed by atoms with E-state index in [0.29, 0.717) is 15.3 Å². The van der Waals surface area contributed by atoms with Gasteiger partial charge in [-0.15, -0.1) is 0 Å². The maximum absolute atomic E-state index is 5.52. The van der Waals surface area contributed by atoms with E-state index >= 15 is 0 Å². The first kappa shape index (κ1) is 9.18. The fourth-order valence-corrected chi connectivity index (χ4v) is 0.884. The fraction of sp³-hybridized carbons (Fsp3) is 1.00. The molecule has 0 aliphatic rings. The molecular formula is C7H16OSi. The Bertz CT molecular complexity index is 73.5. The predicted molar refractivity (Wildman–Crippen MR) is 41.7 cm³/mol. The molecule has 0 aromatic heterocycles. The highest BCUT2D eigenvalue weighted by Gasteiger charge is 2.10. The summed E-state index contributed by atoms with van der Waals surface area (Å²) in [6, 6.07) is 0. The van der Waals surface area contributed by atoms with Crippen LogP contribution in [0.1, 0.15) is 34.6 Å². The fourth-order valence-electron chi connectivity index (χ4n) is 0.295. The van der Waals surface area contributed by atoms with Crippen LogP contribution >= 0.6 is 0 Å². The third-order valence-corrected chi connectivity index (χ3v) is 1.80. The van der Waals surface area contributed by atoms with Gasteiger partial charge in [0.25, 0.3) is 0 Å². The Hall–Kier alpha value is 0.177. The molecule has 0 rings (SSSR count). The standard InChI is InChI=1S/C7H16OSi/c1-6(2)9-8-7(3,4)5/h6H,1-5H3. The lowest BCUT2D eigenvalue weighted by atomic mass is 10.2. The van der Waals surface area contributed by atoms with Gasteiger partial charge in [0.2, 0.25) is 9.76 Å². The summed E-state index contributed by atoms with van der Waals surface area (Å²) in [7, 11) is 0.640. The van der Waals surface area contributed by atoms with Gasteiger partial charge in [-0.1, -0.05) is 13.8 Å². The molecule has 0 aromatic rings. The normalized spacial score (nSPS) is 12.7. The summed E-state index contributed by atoms with van der Waals surface area (Å²) in [5.41, 5.74) is 0.715. The van der Waals surface area contributed by atoms with E-state index < -0.39 is 0 Å². The van der Waals surface area contributed by atoms with Crippen LogP contribution in [0, 0.1) is 0 Å². The molecule has 0 unspecified atom stereocenters. The Balaban J connectivity index is 3.28. The van der Waals surface area contributed by atoms with E-state index in [4.69, 9.17) is 4.43 Å². The molecule has 0 atom stereocenters. The molecule has 9 heavy (non-hydrogen) atoms. The van der Waals surface area contributed by atoms with Crippen LogP contribution < -0.4 is 0 Å². The molecule has 0 aliphatic heterocycles. The van der Waals surface area contributed by atoms with Crippen LogP contribution in [-0.2, 0) is 4.43 Å². The molecule has 0 fully saturated rings. The summed E-state index contributed by atoms with van der Waals surface area (Å²) in [6.45, 7) is 10.6. The quantitative estimate of drug-likeness (QED) is 0.540. The van der Waals surface area contributed by atoms with E-state index in [1.165, 1.54) is 0 Å². The van der Waals surface area contributed by atoms with Crippen LogP contribution in [0.25, 0.3) is 0 Å². The molecule has 0 heterocycles. The molecule has 0 spiro atoms. The van der Waals surface area contributed by atoms with Gasteiger partial charge in [0.15, 0.2) is 0 Å². The van der Waals surface area contributed by atoms with Gasteiger partial charge in [-0.3, -0.25) is 0 Å². The first-order valence-electron chi connectivity index (χ1n) is 3.35. The van der Waals surface area contributed by atoms with Crippen molar-refractivity contribution in [2.45, 2.75) is 45.8 Å². The lowest BCUT2D eigenvalue weighted by Gasteiger charge is -2.20. The highest BCUT2D eigenvalue weighted by molar-refractivity contribution is 6.29. The zero-order valence-electron chi connectivity index (χ0n) is 6.99. The number of hydrogen-bond donors (Lipinski definition) is 0. The van der Waals surface area contributed by atoms with Crippen molar-refractivity contribution in [1.82, 2.24) is 0 Å². The summed E-state index contributed by atoms with van der Waals surface area (Å²) in [5.74, 6) is 0. The van der Waals surface area contributed by atoms with Gasteiger partial charge in [-0.25, -0.2) is 0 Å². The average molecular weight is 144 g/mol. The van der Waals surface area contributed by atoms with Crippen molar-refractivity contribution in [3.63, 3.8) is 0 Å². The minimum atomic E-state index is 0.0444. The van der Waals surface area contributed by atoms with Crippen molar-refractivity contribution in [3.05, 3.63) is 0 Å². The molecule has 0 aliphatic carbocycles. The van der Waals surface area contributed by atoms with Crippen molar-refractivity contribution in [2.24, 2.45) is 0 Å². The second kappa shape index (κ2) is 3.37. The Labute approximate surface area is 60.7 Å². The molecule has 2 heteroatoms. The van der Waals surface area contributed by atoms with Gasteiger partial charge in [-0.2, -0.15) is 0 Å². The second-order valence-electron chi connectivity index (χ2n) is 3.49. The van der Waals surface area contributed by atoms with E-state index in [-0.39, 0.29) is 5.60 Å². The molecule has 0 aromatic carbocycles. The summed E-state index contributed by atoms with van der Waals surface area (Å²) in [4.78, 5) is 0. The lowest BCUT2D eigenvalue weighted by Crippen LogP contribution is -2.22. The second-order valence-corrected chi connectivity index (χ2v) is 5.08. The predicted octanol–water partition coefficient (Wildman–Crippen LogP) is 2.25. The minimum absolute atomic E-state index is 0.0444. The average Bonchev–Trinajstić information content (AvgIpc) is 1.59. The van der Waals surface area contributed by atoms with Gasteiger partial charge in [0.05, 0.1) is 0 Å². The number of rotatable bonds is 2. The van der Waals surface area contributed by atoms with Gasteiger partial charge >= 0.3 is 0 Å². The molecule has 54 valence electrons. The molecular weight excluding hydrogens is 128 g/mol. The Morgan fingerprint density at radius 1 is 1.22 bits per heavy atom. The molecule has 0 bridgehead atoms. The van der Waals surface area contributed by atoms with E-state index in [9.17, 15) is 0 Å². The summed E-state index contributed by atoms with van der Waals surface area (Å²) < 4.78 is 5.52. The molecule has 0 amide bonds. The van der Waals surface area contributed by atoms with Crippen molar-refractivity contribution >= 4 is 9.76 Å². The third kappa shape index (κ3) is 8.18. The van der Waals surface area contributed by atoms with Crippen molar-refractivity contribution in [2.75, 3.05) is 0 Å². The summed E-state index contributed by atoms with van der Waals surface area (Å²) in [5, 5.41) is 0. The molecule has 0 saturated heterocycles. The van der Waals surface area contributed by atoms with Crippen LogP contribution in [0.3, 0.4) is 0 Å². The van der Waals surface area contributed by atoms with Crippen LogP contribution in [0.15, 0.2) is 0 Å². The Morgan fingerprint density at radius 2 is 1.67 bits per heavy atom. The highest BCUT2D eigenvalue weighted by atomic mass is 28.2. The van der Waals surface area contributed by atoms with Gasteiger partial charge in [0, 0.05) is 5.60 Å². The summed E-state index contributed by atoms with van der Waals surface area (Å²) in [6.07, 6.45) is 0. The van der Waals surface area contributed by atoms with Gasteiger partial charge < -0.3 is 4.43 Å². The van der Waals surface area contributed by atoms with Crippen molar-refractivity contribution < 1.29 is 4.43 Å². The van der Waals surface area contributed by atoms with E-state index in [1.54, 1.807) is 0 Å². The first-order chi connectivity index (χ1) is 3.92. The smallest absolute Gasteiger partial charge is 0.233 e. The zero-order chi connectivity index (χ0) is 7.49. The molecule has 0 N–H and O–H groups in total. The zero-order valence-corrected chi connectivity index (χ0v) is 7.99. The van der Waals surface area contributed by atoms with Crippen LogP contribution in [0.2, 0.25) is 5.54 Å². The van der Waals surface area contributed by atoms with Crippen LogP contribution in [0.4, 0.5) is 0 Å². The topological polar surface area (TPSA) is 9.23 Å². The lowest BCUT2D eigenvalue weighted by molar-refractivity contribution is 0.136. The minimum Gasteiger partial charge on any atom is -0.413 e. The molecule has 1 nitrogen and oxygen atoms in total. The van der Waals surface area contributed by atoms with Gasteiger partial charge in [0.1, 0.15) is 0 Å². The Morgan fingerprint density at radius 3 is 1.78 bits per heavy atom. The third-order valence-electron chi connectivity index (χ3n) is 0.601. The van der Waals surface area contributed by atoms with E-state index in [0.717, 1.165) is 0 Å². The Kier molecular flexibility index (Phi) is 3.44. The van der Waals surface area contributed by atoms with E-state index in [2.05, 4.69) is 34.6 Å². The molecule has 0 saturated carbocycles. The maximum atomic E-state index is 5.52. The monoisotopic (exact) mass is 144 g/mol. The van der Waals surface area contributed by atoms with E-state index in [1.807, 2.05) is 0 Å². The van der Waals surface area contributed by atoms with Crippen LogP contribution in [-0.4, -0.2) is 15.4 Å². The molecule has 2 radical (unpaired) electrons. The first-order valence-corrected chi connectivity index (χ1v) is 4.34. The van der Waals surface area contributed by atoms with Crippen molar-refractivity contribution in [1.29, 1.82) is 0 Å². The maximum Gasteiger partial charge on any atom is 0.233 e. The van der Waals surface area contributed by atoms with Crippen LogP contribution in [0.5, 0.6) is 0 Å².